The maximum atomic E-state index is 12.4. The van der Waals surface area contributed by atoms with Crippen LogP contribution in [0.5, 0.6) is 0 Å². The zero-order valence-corrected chi connectivity index (χ0v) is 16.1. The van der Waals surface area contributed by atoms with Gasteiger partial charge in [-0.1, -0.05) is 0 Å². The first kappa shape index (κ1) is 17.9. The second kappa shape index (κ2) is 7.36. The first-order chi connectivity index (χ1) is 14.2. The number of hydrogen-bond donors (Lipinski definition) is 3. The number of aromatic amines is 1. The fourth-order valence-corrected chi connectivity index (χ4v) is 3.89. The van der Waals surface area contributed by atoms with Crippen molar-refractivity contribution in [2.75, 3.05) is 41.3 Å². The summed E-state index contributed by atoms with van der Waals surface area (Å²) in [6, 6.07) is 7.70. The summed E-state index contributed by atoms with van der Waals surface area (Å²) < 4.78 is 0. The Hall–Kier alpha value is -3.13. The normalized spacial score (nSPS) is 17.4. The fraction of sp³-hybridized carbons (Fsp3) is 0.381. The van der Waals surface area contributed by atoms with E-state index in [0.29, 0.717) is 22.4 Å². The van der Waals surface area contributed by atoms with Crippen LogP contribution >= 0.6 is 0 Å². The van der Waals surface area contributed by atoms with Crippen molar-refractivity contribution in [3.63, 3.8) is 0 Å². The van der Waals surface area contributed by atoms with Gasteiger partial charge in [-0.05, 0) is 37.5 Å². The molecule has 0 unspecified atom stereocenters. The van der Waals surface area contributed by atoms with Gasteiger partial charge >= 0.3 is 0 Å². The molecule has 2 aliphatic heterocycles. The minimum atomic E-state index is -0.196. The molecule has 2 saturated heterocycles. The molecule has 0 bridgehead atoms. The molecule has 3 aromatic rings. The average molecular weight is 392 g/mol. The van der Waals surface area contributed by atoms with Crippen LogP contribution in [0.3, 0.4) is 0 Å². The molecule has 3 aromatic heterocycles. The molecule has 0 radical (unpaired) electrons. The van der Waals surface area contributed by atoms with E-state index in [1.165, 1.54) is 0 Å². The highest BCUT2D eigenvalue weighted by Crippen LogP contribution is 2.29. The third kappa shape index (κ3) is 3.51. The Labute approximate surface area is 168 Å². The highest BCUT2D eigenvalue weighted by atomic mass is 16.3. The first-order valence-electron chi connectivity index (χ1n) is 10.1. The van der Waals surface area contributed by atoms with Gasteiger partial charge in [0.1, 0.15) is 11.6 Å². The van der Waals surface area contributed by atoms with Crippen molar-refractivity contribution in [2.24, 2.45) is 0 Å². The quantitative estimate of drug-likeness (QED) is 0.626. The van der Waals surface area contributed by atoms with Crippen LogP contribution in [0.2, 0.25) is 0 Å². The summed E-state index contributed by atoms with van der Waals surface area (Å²) >= 11 is 0. The van der Waals surface area contributed by atoms with Gasteiger partial charge in [0.2, 0.25) is 0 Å². The molecule has 8 heteroatoms. The number of anilines is 4. The highest BCUT2D eigenvalue weighted by Gasteiger charge is 2.20. The van der Waals surface area contributed by atoms with Crippen LogP contribution in [0.25, 0.3) is 10.9 Å². The van der Waals surface area contributed by atoms with Crippen molar-refractivity contribution in [1.82, 2.24) is 15.0 Å². The maximum absolute atomic E-state index is 12.4. The summed E-state index contributed by atoms with van der Waals surface area (Å²) in [6.07, 6.45) is 6.00. The fourth-order valence-electron chi connectivity index (χ4n) is 3.89. The minimum Gasteiger partial charge on any atom is -0.393 e. The molecular weight excluding hydrogens is 368 g/mol. The SMILES string of the molecule is O=c1[nH]ccc2nc(N3CCC3)cc(Nc3ccc(N4CCC(O)CC4)cn3)c12. The zero-order valence-electron chi connectivity index (χ0n) is 16.1. The summed E-state index contributed by atoms with van der Waals surface area (Å²) in [5.74, 6) is 1.55. The summed E-state index contributed by atoms with van der Waals surface area (Å²) in [7, 11) is 0. The van der Waals surface area contributed by atoms with E-state index < -0.39 is 0 Å². The molecule has 5 heterocycles. The van der Waals surface area contributed by atoms with E-state index in [0.717, 1.165) is 56.9 Å². The lowest BCUT2D eigenvalue weighted by atomic mass is 10.1. The van der Waals surface area contributed by atoms with Crippen LogP contribution in [0.4, 0.5) is 23.0 Å². The molecule has 29 heavy (non-hydrogen) atoms. The molecule has 0 spiro atoms. The van der Waals surface area contributed by atoms with Crippen LogP contribution in [0.1, 0.15) is 19.3 Å². The number of nitrogens with one attached hydrogen (secondary N) is 2. The lowest BCUT2D eigenvalue weighted by Crippen LogP contribution is -2.37. The van der Waals surface area contributed by atoms with Crippen molar-refractivity contribution in [3.05, 3.63) is 47.0 Å². The summed E-state index contributed by atoms with van der Waals surface area (Å²) in [6.45, 7) is 3.63. The Morgan fingerprint density at radius 1 is 1.10 bits per heavy atom. The molecule has 3 N–H and O–H groups in total. The number of nitrogens with zero attached hydrogens (tertiary/aromatic N) is 4. The minimum absolute atomic E-state index is 0.170. The number of aromatic nitrogens is 3. The standard InChI is InChI=1S/C21H24N6O2/c28-15-5-10-26(11-6-15)14-2-3-18(23-13-14)24-17-12-19(27-8-1-9-27)25-16-4-7-22-21(29)20(16)17/h2-4,7,12-13,15,28H,1,5-6,8-11H2,(H,22,29)(H,23,24,25). The molecule has 0 aliphatic carbocycles. The van der Waals surface area contributed by atoms with E-state index in [1.54, 1.807) is 6.20 Å². The number of hydrogen-bond acceptors (Lipinski definition) is 7. The van der Waals surface area contributed by atoms with Gasteiger partial charge in [0.25, 0.3) is 5.56 Å². The van der Waals surface area contributed by atoms with Gasteiger partial charge in [-0.25, -0.2) is 9.97 Å². The number of aliphatic hydroxyl groups is 1. The molecular formula is C21H24N6O2. The second-order valence-corrected chi connectivity index (χ2v) is 7.68. The van der Waals surface area contributed by atoms with Gasteiger partial charge in [-0.3, -0.25) is 4.79 Å². The van der Waals surface area contributed by atoms with Crippen molar-refractivity contribution in [3.8, 4) is 0 Å². The molecule has 150 valence electrons. The van der Waals surface area contributed by atoms with E-state index in [4.69, 9.17) is 0 Å². The Morgan fingerprint density at radius 3 is 2.62 bits per heavy atom. The average Bonchev–Trinajstić information content (AvgIpc) is 2.68. The Balaban J connectivity index is 1.44. The van der Waals surface area contributed by atoms with E-state index in [1.807, 2.05) is 30.5 Å². The van der Waals surface area contributed by atoms with Gasteiger partial charge < -0.3 is 25.2 Å². The Kier molecular flexibility index (Phi) is 4.55. The smallest absolute Gasteiger partial charge is 0.259 e. The van der Waals surface area contributed by atoms with Crippen LogP contribution in [0.15, 0.2) is 41.5 Å². The zero-order chi connectivity index (χ0) is 19.8. The number of aliphatic hydroxyl groups excluding tert-OH is 1. The van der Waals surface area contributed by atoms with Gasteiger partial charge in [-0.15, -0.1) is 0 Å². The second-order valence-electron chi connectivity index (χ2n) is 7.68. The summed E-state index contributed by atoms with van der Waals surface area (Å²) in [4.78, 5) is 28.8. The van der Waals surface area contributed by atoms with Crippen LogP contribution in [-0.2, 0) is 0 Å². The number of fused-ring (bicyclic) bond motifs is 1. The predicted octanol–water partition coefficient (Wildman–Crippen LogP) is 2.23. The third-order valence-corrected chi connectivity index (χ3v) is 5.74. The van der Waals surface area contributed by atoms with Crippen molar-refractivity contribution in [2.45, 2.75) is 25.4 Å². The lowest BCUT2D eigenvalue weighted by Gasteiger charge is -2.32. The molecule has 0 atom stereocenters. The molecule has 0 aromatic carbocycles. The lowest BCUT2D eigenvalue weighted by molar-refractivity contribution is 0.145. The van der Waals surface area contributed by atoms with Gasteiger partial charge in [0.15, 0.2) is 0 Å². The van der Waals surface area contributed by atoms with E-state index in [2.05, 4.69) is 30.1 Å². The first-order valence-corrected chi connectivity index (χ1v) is 10.1. The van der Waals surface area contributed by atoms with Crippen LogP contribution in [-0.4, -0.2) is 52.3 Å². The highest BCUT2D eigenvalue weighted by molar-refractivity contribution is 5.93. The summed E-state index contributed by atoms with van der Waals surface area (Å²) in [5.41, 5.74) is 2.25. The number of rotatable bonds is 4. The van der Waals surface area contributed by atoms with E-state index in [-0.39, 0.29) is 11.7 Å². The van der Waals surface area contributed by atoms with Crippen molar-refractivity contribution < 1.29 is 5.11 Å². The van der Waals surface area contributed by atoms with E-state index >= 15 is 0 Å². The molecule has 0 saturated carbocycles. The molecule has 0 amide bonds. The van der Waals surface area contributed by atoms with Crippen molar-refractivity contribution >= 4 is 33.9 Å². The number of pyridine rings is 3. The van der Waals surface area contributed by atoms with Crippen LogP contribution < -0.4 is 20.7 Å². The molecule has 8 nitrogen and oxygen atoms in total. The predicted molar refractivity (Wildman–Crippen MR) is 114 cm³/mol. The number of H-pyrrole nitrogens is 1. The molecule has 2 aliphatic rings. The van der Waals surface area contributed by atoms with Gasteiger partial charge in [0, 0.05) is 38.4 Å². The van der Waals surface area contributed by atoms with Crippen molar-refractivity contribution in [1.29, 1.82) is 0 Å². The summed E-state index contributed by atoms with van der Waals surface area (Å²) in [5, 5.41) is 13.5. The maximum Gasteiger partial charge on any atom is 0.259 e. The largest absolute Gasteiger partial charge is 0.393 e. The molecule has 2 fully saturated rings. The molecule has 5 rings (SSSR count). The Morgan fingerprint density at radius 2 is 1.93 bits per heavy atom. The van der Waals surface area contributed by atoms with Crippen LogP contribution in [0, 0.1) is 0 Å². The topological polar surface area (TPSA) is 97.4 Å². The van der Waals surface area contributed by atoms with Gasteiger partial charge in [0.05, 0.1) is 34.6 Å². The van der Waals surface area contributed by atoms with E-state index in [9.17, 15) is 9.90 Å². The number of piperidine rings is 1. The monoisotopic (exact) mass is 392 g/mol. The third-order valence-electron chi connectivity index (χ3n) is 5.74. The Bertz CT molecular complexity index is 1070. The van der Waals surface area contributed by atoms with Gasteiger partial charge in [-0.2, -0.15) is 0 Å².